The molecule has 0 aromatic heterocycles. The minimum atomic E-state index is -0.0744. The molecule has 3 heteroatoms. The first-order chi connectivity index (χ1) is 6.86. The summed E-state index contributed by atoms with van der Waals surface area (Å²) in [4.78, 5) is 0. The Labute approximate surface area is 83.0 Å². The number of benzene rings is 1. The minimum Gasteiger partial charge on any atom is -0.394 e. The highest BCUT2D eigenvalue weighted by Gasteiger charge is 2.21. The van der Waals surface area contributed by atoms with Crippen LogP contribution >= 0.6 is 0 Å². The van der Waals surface area contributed by atoms with Gasteiger partial charge in [-0.25, -0.2) is 0 Å². The van der Waals surface area contributed by atoms with E-state index in [0.29, 0.717) is 5.56 Å². The Hall–Kier alpha value is -1.37. The molecule has 0 spiro atoms. The van der Waals surface area contributed by atoms with Gasteiger partial charge in [0.25, 0.3) is 0 Å². The van der Waals surface area contributed by atoms with Gasteiger partial charge in [-0.15, -0.1) is 0 Å². The molecule has 1 atom stereocenters. The number of fused-ring (bicyclic) bond motifs is 1. The second-order valence-electron chi connectivity index (χ2n) is 3.43. The van der Waals surface area contributed by atoms with Crippen LogP contribution < -0.4 is 5.32 Å². The SMILES string of the molecule is N#Cc1cccc2c1[C@@H](CO)NCC2. The fourth-order valence-electron chi connectivity index (χ4n) is 1.98. The second-order valence-corrected chi connectivity index (χ2v) is 3.43. The molecule has 0 unspecified atom stereocenters. The van der Waals surface area contributed by atoms with Gasteiger partial charge in [0.1, 0.15) is 0 Å². The summed E-state index contributed by atoms with van der Waals surface area (Å²) in [5, 5.41) is 21.3. The van der Waals surface area contributed by atoms with Crippen LogP contribution in [0.1, 0.15) is 22.7 Å². The molecule has 0 saturated carbocycles. The molecule has 0 bridgehead atoms. The van der Waals surface area contributed by atoms with Gasteiger partial charge >= 0.3 is 0 Å². The van der Waals surface area contributed by atoms with Gasteiger partial charge in [-0.05, 0) is 30.2 Å². The molecule has 0 saturated heterocycles. The molecule has 0 fully saturated rings. The molecule has 72 valence electrons. The minimum absolute atomic E-state index is 0.0473. The summed E-state index contributed by atoms with van der Waals surface area (Å²) >= 11 is 0. The zero-order chi connectivity index (χ0) is 9.97. The average Bonchev–Trinajstić information content (AvgIpc) is 2.27. The first kappa shape index (κ1) is 9.20. The number of hydrogen-bond donors (Lipinski definition) is 2. The van der Waals surface area contributed by atoms with Gasteiger partial charge in [-0.3, -0.25) is 0 Å². The van der Waals surface area contributed by atoms with Gasteiger partial charge in [0, 0.05) is 0 Å². The Morgan fingerprint density at radius 1 is 1.57 bits per heavy atom. The Morgan fingerprint density at radius 2 is 2.43 bits per heavy atom. The smallest absolute Gasteiger partial charge is 0.0995 e. The first-order valence-electron chi connectivity index (χ1n) is 4.73. The Morgan fingerprint density at radius 3 is 3.14 bits per heavy atom. The van der Waals surface area contributed by atoms with Crippen LogP contribution in [0.3, 0.4) is 0 Å². The van der Waals surface area contributed by atoms with Crippen molar-refractivity contribution in [1.29, 1.82) is 5.26 Å². The molecule has 3 nitrogen and oxygen atoms in total. The predicted octanol–water partition coefficient (Wildman–Crippen LogP) is 0.737. The number of nitrogens with zero attached hydrogens (tertiary/aromatic N) is 1. The van der Waals surface area contributed by atoms with Crippen LogP contribution in [-0.2, 0) is 6.42 Å². The van der Waals surface area contributed by atoms with Crippen molar-refractivity contribution in [2.24, 2.45) is 0 Å². The van der Waals surface area contributed by atoms with Gasteiger partial charge < -0.3 is 10.4 Å². The summed E-state index contributed by atoms with van der Waals surface area (Å²) in [6.07, 6.45) is 0.932. The molecular formula is C11H12N2O. The van der Waals surface area contributed by atoms with E-state index in [1.807, 2.05) is 12.1 Å². The monoisotopic (exact) mass is 188 g/mol. The fraction of sp³-hybridized carbons (Fsp3) is 0.364. The summed E-state index contributed by atoms with van der Waals surface area (Å²) in [6.45, 7) is 0.915. The van der Waals surface area contributed by atoms with Crippen molar-refractivity contribution in [2.45, 2.75) is 12.5 Å². The molecule has 2 N–H and O–H groups in total. The third kappa shape index (κ3) is 1.39. The highest BCUT2D eigenvalue weighted by molar-refractivity contribution is 5.46. The molecule has 1 aromatic rings. The van der Waals surface area contributed by atoms with Crippen LogP contribution in [0.4, 0.5) is 0 Å². The lowest BCUT2D eigenvalue weighted by Crippen LogP contribution is -2.32. The number of aliphatic hydroxyl groups is 1. The van der Waals surface area contributed by atoms with Crippen molar-refractivity contribution < 1.29 is 5.11 Å². The van der Waals surface area contributed by atoms with E-state index in [-0.39, 0.29) is 12.6 Å². The van der Waals surface area contributed by atoms with Gasteiger partial charge in [-0.2, -0.15) is 5.26 Å². The van der Waals surface area contributed by atoms with Crippen molar-refractivity contribution in [3.8, 4) is 6.07 Å². The number of rotatable bonds is 1. The molecule has 2 rings (SSSR count). The molecule has 0 aliphatic carbocycles. The summed E-state index contributed by atoms with van der Waals surface area (Å²) in [5.41, 5.74) is 2.83. The molecule has 14 heavy (non-hydrogen) atoms. The quantitative estimate of drug-likeness (QED) is 0.683. The highest BCUT2D eigenvalue weighted by Crippen LogP contribution is 2.25. The number of hydrogen-bond acceptors (Lipinski definition) is 3. The van der Waals surface area contributed by atoms with Gasteiger partial charge in [0.05, 0.1) is 24.3 Å². The predicted molar refractivity (Wildman–Crippen MR) is 52.7 cm³/mol. The lowest BCUT2D eigenvalue weighted by Gasteiger charge is -2.26. The Kier molecular flexibility index (Phi) is 2.49. The highest BCUT2D eigenvalue weighted by atomic mass is 16.3. The normalized spacial score (nSPS) is 19.9. The van der Waals surface area contributed by atoms with Crippen molar-refractivity contribution in [3.05, 3.63) is 34.9 Å². The topological polar surface area (TPSA) is 56.0 Å². The van der Waals surface area contributed by atoms with Crippen LogP contribution in [0.5, 0.6) is 0 Å². The summed E-state index contributed by atoms with van der Waals surface area (Å²) < 4.78 is 0. The van der Waals surface area contributed by atoms with E-state index >= 15 is 0 Å². The van der Waals surface area contributed by atoms with Crippen LogP contribution in [0.15, 0.2) is 18.2 Å². The molecule has 0 radical (unpaired) electrons. The van der Waals surface area contributed by atoms with Crippen molar-refractivity contribution in [1.82, 2.24) is 5.32 Å². The van der Waals surface area contributed by atoms with Crippen LogP contribution in [0.25, 0.3) is 0 Å². The average molecular weight is 188 g/mol. The molecule has 0 amide bonds. The zero-order valence-electron chi connectivity index (χ0n) is 7.83. The molecule has 1 heterocycles. The molecule has 1 aromatic carbocycles. The van der Waals surface area contributed by atoms with Crippen LogP contribution in [0, 0.1) is 11.3 Å². The third-order valence-electron chi connectivity index (χ3n) is 2.63. The van der Waals surface area contributed by atoms with Gasteiger partial charge in [0.2, 0.25) is 0 Å². The Balaban J connectivity index is 2.53. The molecule has 1 aliphatic rings. The van der Waals surface area contributed by atoms with E-state index in [2.05, 4.69) is 11.4 Å². The maximum atomic E-state index is 9.19. The summed E-state index contributed by atoms with van der Waals surface area (Å²) in [7, 11) is 0. The van der Waals surface area contributed by atoms with E-state index in [4.69, 9.17) is 5.26 Å². The summed E-state index contributed by atoms with van der Waals surface area (Å²) in [6, 6.07) is 7.82. The van der Waals surface area contributed by atoms with E-state index < -0.39 is 0 Å². The van der Waals surface area contributed by atoms with Crippen LogP contribution in [0.2, 0.25) is 0 Å². The Bertz CT molecular complexity index is 381. The number of nitriles is 1. The molecular weight excluding hydrogens is 176 g/mol. The van der Waals surface area contributed by atoms with E-state index in [1.54, 1.807) is 6.07 Å². The standard InChI is InChI=1S/C11H12N2O/c12-6-9-3-1-2-8-4-5-13-10(7-14)11(8)9/h1-3,10,13-14H,4-5,7H2/t10-/m1/s1. The van der Waals surface area contributed by atoms with E-state index in [0.717, 1.165) is 18.5 Å². The second kappa shape index (κ2) is 3.79. The number of nitrogens with one attached hydrogen (secondary N) is 1. The van der Waals surface area contributed by atoms with E-state index in [1.165, 1.54) is 5.56 Å². The van der Waals surface area contributed by atoms with E-state index in [9.17, 15) is 5.11 Å². The van der Waals surface area contributed by atoms with Gasteiger partial charge in [0.15, 0.2) is 0 Å². The van der Waals surface area contributed by atoms with Crippen molar-refractivity contribution in [3.63, 3.8) is 0 Å². The first-order valence-corrected chi connectivity index (χ1v) is 4.73. The maximum Gasteiger partial charge on any atom is 0.0995 e. The number of aliphatic hydroxyl groups excluding tert-OH is 1. The van der Waals surface area contributed by atoms with Gasteiger partial charge in [-0.1, -0.05) is 12.1 Å². The lowest BCUT2D eigenvalue weighted by atomic mass is 9.91. The van der Waals surface area contributed by atoms with Crippen molar-refractivity contribution in [2.75, 3.05) is 13.2 Å². The largest absolute Gasteiger partial charge is 0.394 e. The van der Waals surface area contributed by atoms with Crippen LogP contribution in [-0.4, -0.2) is 18.3 Å². The zero-order valence-corrected chi connectivity index (χ0v) is 7.83. The fourth-order valence-corrected chi connectivity index (χ4v) is 1.98. The summed E-state index contributed by atoms with van der Waals surface area (Å²) in [5.74, 6) is 0. The maximum absolute atomic E-state index is 9.19. The third-order valence-corrected chi connectivity index (χ3v) is 2.63. The molecule has 1 aliphatic heterocycles. The van der Waals surface area contributed by atoms with Crippen molar-refractivity contribution >= 4 is 0 Å². The lowest BCUT2D eigenvalue weighted by molar-refractivity contribution is 0.240.